The predicted octanol–water partition coefficient (Wildman–Crippen LogP) is -1.49. The van der Waals surface area contributed by atoms with Crippen molar-refractivity contribution in [1.82, 2.24) is 5.32 Å². The van der Waals surface area contributed by atoms with E-state index in [0.29, 0.717) is 5.75 Å². The molecule has 10 N–H and O–H groups in total. The van der Waals surface area contributed by atoms with E-state index in [1.165, 1.54) is 51.4 Å². The van der Waals surface area contributed by atoms with E-state index < -0.39 is 106 Å². The zero-order valence-electron chi connectivity index (χ0n) is 27.5. The van der Waals surface area contributed by atoms with Crippen molar-refractivity contribution in [2.45, 2.75) is 145 Å². The molecular weight excluding hydrogens is 642 g/mol. The lowest BCUT2D eigenvalue weighted by atomic mass is 9.98. The molecule has 0 bridgehead atoms. The van der Waals surface area contributed by atoms with Crippen LogP contribution >= 0.6 is 11.8 Å². The summed E-state index contributed by atoms with van der Waals surface area (Å²) in [6.07, 6.45) is -3.39. The maximum Gasteiger partial charge on any atom is 0.221 e. The fourth-order valence-corrected chi connectivity index (χ4v) is 6.40. The zero-order valence-corrected chi connectivity index (χ0v) is 28.3. The third kappa shape index (κ3) is 13.9. The van der Waals surface area contributed by atoms with Gasteiger partial charge in [-0.15, -0.1) is 0 Å². The molecule has 2 heterocycles. The van der Waals surface area contributed by atoms with Crippen LogP contribution in [0, 0.1) is 0 Å². The number of aliphatic hydroxyl groups is 9. The monoisotopic (exact) mass is 701 g/mol. The largest absolute Gasteiger partial charge is 0.394 e. The van der Waals surface area contributed by atoms with Crippen molar-refractivity contribution in [2.24, 2.45) is 0 Å². The molecule has 10 atom stereocenters. The Balaban J connectivity index is 1.92. The van der Waals surface area contributed by atoms with E-state index in [4.69, 9.17) is 18.9 Å². The maximum atomic E-state index is 13.0. The number of hydrogen-bond acceptors (Lipinski definition) is 15. The highest BCUT2D eigenvalue weighted by molar-refractivity contribution is 7.99. The first kappa shape index (κ1) is 42.5. The fourth-order valence-electron chi connectivity index (χ4n) is 5.45. The molecule has 1 amide bonds. The highest BCUT2D eigenvalue weighted by Gasteiger charge is 2.47. The molecular formula is C31H59NO14S. The quantitative estimate of drug-likeness (QED) is 0.0515. The summed E-state index contributed by atoms with van der Waals surface area (Å²) >= 11 is 1.63. The molecule has 15 nitrogen and oxygen atoms in total. The van der Waals surface area contributed by atoms with E-state index >= 15 is 0 Å². The molecule has 2 fully saturated rings. The first-order chi connectivity index (χ1) is 22.5. The summed E-state index contributed by atoms with van der Waals surface area (Å²) in [5, 5.41) is 93.2. The maximum absolute atomic E-state index is 13.0. The van der Waals surface area contributed by atoms with Crippen LogP contribution in [0.15, 0.2) is 0 Å². The van der Waals surface area contributed by atoms with Gasteiger partial charge in [0.2, 0.25) is 5.91 Å². The van der Waals surface area contributed by atoms with Crippen molar-refractivity contribution in [3.63, 3.8) is 0 Å². The first-order valence-corrected chi connectivity index (χ1v) is 18.0. The van der Waals surface area contributed by atoms with Crippen LogP contribution in [0.4, 0.5) is 0 Å². The highest BCUT2D eigenvalue weighted by atomic mass is 32.2. The Morgan fingerprint density at radius 2 is 1.11 bits per heavy atom. The van der Waals surface area contributed by atoms with Gasteiger partial charge in [-0.05, 0) is 12.2 Å². The van der Waals surface area contributed by atoms with E-state index in [2.05, 4.69) is 12.2 Å². The van der Waals surface area contributed by atoms with Gasteiger partial charge in [-0.3, -0.25) is 4.79 Å². The minimum Gasteiger partial charge on any atom is -0.394 e. The Kier molecular flexibility index (Phi) is 20.7. The molecule has 0 aromatic carbocycles. The summed E-state index contributed by atoms with van der Waals surface area (Å²) in [6, 6.07) is 0. The van der Waals surface area contributed by atoms with Crippen molar-refractivity contribution < 1.29 is 69.7 Å². The number of carbonyl (C=O) groups excluding carboxylic acids is 1. The number of aliphatic hydroxyl groups excluding tert-OH is 9. The average Bonchev–Trinajstić information content (AvgIpc) is 3.07. The molecule has 0 unspecified atom stereocenters. The van der Waals surface area contributed by atoms with Crippen LogP contribution in [0.3, 0.4) is 0 Å². The van der Waals surface area contributed by atoms with Gasteiger partial charge < -0.3 is 70.2 Å². The van der Waals surface area contributed by atoms with Gasteiger partial charge in [0.05, 0.1) is 33.0 Å². The van der Waals surface area contributed by atoms with Gasteiger partial charge in [0, 0.05) is 12.2 Å². The minimum absolute atomic E-state index is 0.0876. The second-order valence-corrected chi connectivity index (χ2v) is 13.8. The number of thioether (sulfide) groups is 1. The van der Waals surface area contributed by atoms with E-state index in [9.17, 15) is 50.8 Å². The third-order valence-corrected chi connectivity index (χ3v) is 9.64. The van der Waals surface area contributed by atoms with E-state index in [-0.39, 0.29) is 6.42 Å². The van der Waals surface area contributed by atoms with Crippen LogP contribution in [0.25, 0.3) is 0 Å². The highest BCUT2D eigenvalue weighted by Crippen LogP contribution is 2.26. The normalized spacial score (nSPS) is 31.6. The Labute approximate surface area is 281 Å². The Bertz CT molecular complexity index is 802. The summed E-state index contributed by atoms with van der Waals surface area (Å²) in [5.74, 6) is 0.936. The molecule has 47 heavy (non-hydrogen) atoms. The second kappa shape index (κ2) is 22.9. The SMILES string of the molecule is CCCCCCCCCCCCSCCC(=O)NC(CO)(CO[C@@H]1O[C@H](CO)[C@@H](O)[C@H](O)[C@H]1O)CO[C@@H]1O[C@H](CO)[C@@H](O)[C@H](O)[C@H]1O. The van der Waals surface area contributed by atoms with Crippen LogP contribution < -0.4 is 5.32 Å². The molecule has 2 aliphatic heterocycles. The van der Waals surface area contributed by atoms with Crippen LogP contribution in [-0.4, -0.2) is 163 Å². The number of hydrogen-bond donors (Lipinski definition) is 10. The van der Waals surface area contributed by atoms with Crippen LogP contribution in [0.5, 0.6) is 0 Å². The number of carbonyl (C=O) groups is 1. The molecule has 0 aromatic heterocycles. The molecule has 0 radical (unpaired) electrons. The van der Waals surface area contributed by atoms with Crippen molar-refractivity contribution >= 4 is 17.7 Å². The number of ether oxygens (including phenoxy) is 4. The number of amides is 1. The molecule has 2 aliphatic rings. The van der Waals surface area contributed by atoms with Crippen LogP contribution in [0.2, 0.25) is 0 Å². The summed E-state index contributed by atoms with van der Waals surface area (Å²) in [7, 11) is 0. The number of nitrogens with one attached hydrogen (secondary N) is 1. The van der Waals surface area contributed by atoms with Crippen LogP contribution in [-0.2, 0) is 23.7 Å². The summed E-state index contributed by atoms with van der Waals surface area (Å²) in [5.41, 5.74) is -1.73. The standard InChI is InChI=1S/C31H59NO14S/c1-2-3-4-5-6-7-8-9-10-11-13-47-14-12-22(36)32-31(17-35,18-43-29-27(41)25(39)23(37)20(15-33)45-29)19-44-30-28(42)26(40)24(38)21(16-34)46-30/h20-21,23-30,33-35,37-42H,2-19H2,1H3,(H,32,36)/t20-,21-,23-,24-,25+,26+,27-,28-,29-,30-/m1/s1. The Hall–Kier alpha value is -0.700. The molecule has 0 saturated carbocycles. The molecule has 0 aliphatic carbocycles. The van der Waals surface area contributed by atoms with Crippen LogP contribution in [0.1, 0.15) is 77.6 Å². The Morgan fingerprint density at radius 3 is 1.53 bits per heavy atom. The lowest BCUT2D eigenvalue weighted by molar-refractivity contribution is -0.315. The topological polar surface area (TPSA) is 248 Å². The van der Waals surface area contributed by atoms with E-state index in [0.717, 1.165) is 18.6 Å². The van der Waals surface area contributed by atoms with E-state index in [1.54, 1.807) is 11.8 Å². The number of unbranched alkanes of at least 4 members (excludes halogenated alkanes) is 9. The fraction of sp³-hybridized carbons (Fsp3) is 0.968. The lowest BCUT2D eigenvalue weighted by Gasteiger charge is -2.43. The smallest absolute Gasteiger partial charge is 0.221 e. The van der Waals surface area contributed by atoms with Crippen molar-refractivity contribution in [3.8, 4) is 0 Å². The lowest BCUT2D eigenvalue weighted by Crippen LogP contribution is -2.64. The third-order valence-electron chi connectivity index (χ3n) is 8.57. The van der Waals surface area contributed by atoms with Gasteiger partial charge in [0.1, 0.15) is 54.4 Å². The van der Waals surface area contributed by atoms with Gasteiger partial charge >= 0.3 is 0 Å². The summed E-state index contributed by atoms with van der Waals surface area (Å²) in [4.78, 5) is 13.0. The van der Waals surface area contributed by atoms with Gasteiger partial charge in [0.25, 0.3) is 0 Å². The Morgan fingerprint density at radius 1 is 0.660 bits per heavy atom. The average molecular weight is 702 g/mol. The van der Waals surface area contributed by atoms with Gasteiger partial charge in [0.15, 0.2) is 12.6 Å². The van der Waals surface area contributed by atoms with Gasteiger partial charge in [-0.2, -0.15) is 11.8 Å². The minimum atomic E-state index is -1.74. The molecule has 16 heteroatoms. The summed E-state index contributed by atoms with van der Waals surface area (Å²) in [6.45, 7) is -1.08. The van der Waals surface area contributed by atoms with Crippen molar-refractivity contribution in [3.05, 3.63) is 0 Å². The molecule has 0 aromatic rings. The first-order valence-electron chi connectivity index (χ1n) is 16.9. The molecule has 2 saturated heterocycles. The van der Waals surface area contributed by atoms with E-state index in [1.807, 2.05) is 0 Å². The predicted molar refractivity (Wildman–Crippen MR) is 171 cm³/mol. The molecule has 0 spiro atoms. The number of rotatable bonds is 24. The second-order valence-electron chi connectivity index (χ2n) is 12.5. The molecule has 278 valence electrons. The molecule has 2 rings (SSSR count). The summed E-state index contributed by atoms with van der Waals surface area (Å²) < 4.78 is 22.0. The van der Waals surface area contributed by atoms with Gasteiger partial charge in [-0.25, -0.2) is 0 Å². The van der Waals surface area contributed by atoms with Gasteiger partial charge in [-0.1, -0.05) is 64.7 Å². The van der Waals surface area contributed by atoms with Crippen molar-refractivity contribution in [2.75, 3.05) is 44.5 Å². The van der Waals surface area contributed by atoms with Crippen molar-refractivity contribution in [1.29, 1.82) is 0 Å². The zero-order chi connectivity index (χ0) is 34.8.